The molecule has 2 aromatic carbocycles. The Labute approximate surface area is 177 Å². The highest BCUT2D eigenvalue weighted by Gasteiger charge is 2.15. The van der Waals surface area contributed by atoms with E-state index in [-0.39, 0.29) is 11.1 Å². The fourth-order valence-electron chi connectivity index (χ4n) is 3.95. The van der Waals surface area contributed by atoms with Gasteiger partial charge in [0.25, 0.3) is 5.56 Å². The Kier molecular flexibility index (Phi) is 5.01. The summed E-state index contributed by atoms with van der Waals surface area (Å²) in [7, 11) is 0. The molecule has 0 spiro atoms. The summed E-state index contributed by atoms with van der Waals surface area (Å²) in [6, 6.07) is 12.3. The summed E-state index contributed by atoms with van der Waals surface area (Å²) in [5.74, 6) is 0.00790. The van der Waals surface area contributed by atoms with E-state index in [1.54, 1.807) is 24.4 Å². The van der Waals surface area contributed by atoms with Gasteiger partial charge < -0.3 is 25.3 Å². The summed E-state index contributed by atoms with van der Waals surface area (Å²) < 4.78 is 13.7. The van der Waals surface area contributed by atoms with Gasteiger partial charge in [-0.3, -0.25) is 4.79 Å². The van der Waals surface area contributed by atoms with Crippen LogP contribution in [-0.2, 0) is 6.61 Å². The average Bonchev–Trinajstić information content (AvgIpc) is 3.23. The van der Waals surface area contributed by atoms with E-state index in [1.807, 2.05) is 12.1 Å². The molecule has 0 aliphatic carbocycles. The number of aromatic amines is 2. The van der Waals surface area contributed by atoms with Gasteiger partial charge in [0.05, 0.1) is 23.2 Å². The first kappa shape index (κ1) is 19.5. The van der Waals surface area contributed by atoms with Gasteiger partial charge in [-0.25, -0.2) is 9.37 Å². The highest BCUT2D eigenvalue weighted by molar-refractivity contribution is 5.83. The maximum absolute atomic E-state index is 13.7. The van der Waals surface area contributed by atoms with Crippen molar-refractivity contribution in [1.29, 1.82) is 0 Å². The molecule has 31 heavy (non-hydrogen) atoms. The second kappa shape index (κ2) is 7.98. The summed E-state index contributed by atoms with van der Waals surface area (Å²) in [4.78, 5) is 25.5. The highest BCUT2D eigenvalue weighted by atomic mass is 19.1. The van der Waals surface area contributed by atoms with Crippen molar-refractivity contribution in [2.45, 2.75) is 6.61 Å². The SMILES string of the molecule is O=c1[nH]cc(-c2ccc(F)c(CO)c2)cc1-c1nc2ccc(N3CCNCC3)cc2[nH]1. The predicted octanol–water partition coefficient (Wildman–Crippen LogP) is 2.63. The smallest absolute Gasteiger partial charge is 0.259 e. The number of nitrogens with one attached hydrogen (secondary N) is 3. The van der Waals surface area contributed by atoms with Gasteiger partial charge >= 0.3 is 0 Å². The van der Waals surface area contributed by atoms with Crippen LogP contribution in [0.3, 0.4) is 0 Å². The Bertz CT molecular complexity index is 1310. The third kappa shape index (κ3) is 3.71. The van der Waals surface area contributed by atoms with Gasteiger partial charge in [0, 0.05) is 43.6 Å². The van der Waals surface area contributed by atoms with Crippen molar-refractivity contribution in [3.05, 3.63) is 70.4 Å². The molecule has 4 N–H and O–H groups in total. The minimum absolute atomic E-state index is 0.203. The fourth-order valence-corrected chi connectivity index (χ4v) is 3.95. The number of pyridine rings is 1. The number of nitrogens with zero attached hydrogens (tertiary/aromatic N) is 2. The molecule has 0 atom stereocenters. The summed E-state index contributed by atoms with van der Waals surface area (Å²) in [5.41, 5.74) is 4.49. The number of H-pyrrole nitrogens is 2. The second-order valence-electron chi connectivity index (χ2n) is 7.62. The van der Waals surface area contributed by atoms with E-state index in [2.05, 4.69) is 31.2 Å². The van der Waals surface area contributed by atoms with Crippen LogP contribution in [0, 0.1) is 5.82 Å². The van der Waals surface area contributed by atoms with Crippen LogP contribution in [0.2, 0.25) is 0 Å². The lowest BCUT2D eigenvalue weighted by Gasteiger charge is -2.29. The van der Waals surface area contributed by atoms with Gasteiger partial charge in [-0.15, -0.1) is 0 Å². The Balaban J connectivity index is 1.53. The van der Waals surface area contributed by atoms with Crippen molar-refractivity contribution >= 4 is 16.7 Å². The molecule has 2 aromatic heterocycles. The van der Waals surface area contributed by atoms with Crippen LogP contribution in [0.1, 0.15) is 5.56 Å². The molecule has 4 aromatic rings. The quantitative estimate of drug-likeness (QED) is 0.408. The first-order valence-corrected chi connectivity index (χ1v) is 10.2. The Morgan fingerprint density at radius 3 is 2.71 bits per heavy atom. The first-order valence-electron chi connectivity index (χ1n) is 10.2. The molecule has 0 amide bonds. The third-order valence-electron chi connectivity index (χ3n) is 5.66. The molecular formula is C23H22FN5O2. The lowest BCUT2D eigenvalue weighted by atomic mass is 10.0. The van der Waals surface area contributed by atoms with E-state index in [4.69, 9.17) is 0 Å². The van der Waals surface area contributed by atoms with Crippen molar-refractivity contribution in [3.8, 4) is 22.5 Å². The highest BCUT2D eigenvalue weighted by Crippen LogP contribution is 2.27. The molecule has 1 aliphatic rings. The number of fused-ring (bicyclic) bond motifs is 1. The zero-order chi connectivity index (χ0) is 21.4. The molecule has 1 fully saturated rings. The van der Waals surface area contributed by atoms with Crippen molar-refractivity contribution in [3.63, 3.8) is 0 Å². The number of hydrogen-bond donors (Lipinski definition) is 4. The molecule has 5 rings (SSSR count). The largest absolute Gasteiger partial charge is 0.392 e. The normalized spacial score (nSPS) is 14.3. The fraction of sp³-hybridized carbons (Fsp3) is 0.217. The average molecular weight is 419 g/mol. The number of aliphatic hydroxyl groups is 1. The van der Waals surface area contributed by atoms with Crippen molar-refractivity contribution < 1.29 is 9.50 Å². The van der Waals surface area contributed by atoms with Gasteiger partial charge in [-0.05, 0) is 47.5 Å². The third-order valence-corrected chi connectivity index (χ3v) is 5.66. The Hall–Kier alpha value is -3.49. The van der Waals surface area contributed by atoms with Crippen LogP contribution in [0.5, 0.6) is 0 Å². The van der Waals surface area contributed by atoms with E-state index in [0.29, 0.717) is 22.5 Å². The molecule has 7 nitrogen and oxygen atoms in total. The standard InChI is InChI=1S/C23H22FN5O2/c24-19-3-1-14(9-16(19)13-30)15-10-18(23(31)26-12-15)22-27-20-4-2-17(11-21(20)28-22)29-7-5-25-6-8-29/h1-4,9-12,25,30H,5-8,13H2,(H,26,31)(H,27,28). The molecule has 1 saturated heterocycles. The summed E-state index contributed by atoms with van der Waals surface area (Å²) in [6.45, 7) is 3.41. The van der Waals surface area contributed by atoms with E-state index < -0.39 is 12.4 Å². The number of anilines is 1. The van der Waals surface area contributed by atoms with Gasteiger partial charge in [-0.2, -0.15) is 0 Å². The van der Waals surface area contributed by atoms with Gasteiger partial charge in [0.2, 0.25) is 0 Å². The number of aliphatic hydroxyl groups excluding tert-OH is 1. The lowest BCUT2D eigenvalue weighted by molar-refractivity contribution is 0.276. The summed E-state index contributed by atoms with van der Waals surface area (Å²) >= 11 is 0. The van der Waals surface area contributed by atoms with Crippen LogP contribution in [0.4, 0.5) is 10.1 Å². The zero-order valence-electron chi connectivity index (χ0n) is 16.8. The molecule has 0 saturated carbocycles. The number of benzene rings is 2. The first-order chi connectivity index (χ1) is 15.1. The van der Waals surface area contributed by atoms with E-state index in [0.717, 1.165) is 42.9 Å². The van der Waals surface area contributed by atoms with Gasteiger partial charge in [-0.1, -0.05) is 6.07 Å². The number of aromatic nitrogens is 3. The van der Waals surface area contributed by atoms with E-state index in [1.165, 1.54) is 6.07 Å². The van der Waals surface area contributed by atoms with Gasteiger partial charge in [0.1, 0.15) is 11.6 Å². The Morgan fingerprint density at radius 2 is 1.90 bits per heavy atom. The maximum Gasteiger partial charge on any atom is 0.259 e. The summed E-state index contributed by atoms with van der Waals surface area (Å²) in [5, 5.41) is 12.7. The van der Waals surface area contributed by atoms with Crippen LogP contribution in [0.15, 0.2) is 53.5 Å². The van der Waals surface area contributed by atoms with Crippen molar-refractivity contribution in [2.75, 3.05) is 31.1 Å². The number of imidazole rings is 1. The second-order valence-corrected chi connectivity index (χ2v) is 7.62. The zero-order valence-corrected chi connectivity index (χ0v) is 16.8. The minimum atomic E-state index is -0.464. The Morgan fingerprint density at radius 1 is 1.06 bits per heavy atom. The van der Waals surface area contributed by atoms with Crippen molar-refractivity contribution in [1.82, 2.24) is 20.3 Å². The molecule has 158 valence electrons. The van der Waals surface area contributed by atoms with Crippen LogP contribution >= 0.6 is 0 Å². The van der Waals surface area contributed by atoms with Crippen molar-refractivity contribution in [2.24, 2.45) is 0 Å². The number of piperazine rings is 1. The molecular weight excluding hydrogens is 397 g/mol. The number of halogens is 1. The predicted molar refractivity (Wildman–Crippen MR) is 119 cm³/mol. The van der Waals surface area contributed by atoms with Gasteiger partial charge in [0.15, 0.2) is 0 Å². The van der Waals surface area contributed by atoms with E-state index in [9.17, 15) is 14.3 Å². The molecule has 3 heterocycles. The van der Waals surface area contributed by atoms with E-state index >= 15 is 0 Å². The van der Waals surface area contributed by atoms with Crippen LogP contribution < -0.4 is 15.8 Å². The molecule has 8 heteroatoms. The monoisotopic (exact) mass is 419 g/mol. The number of rotatable bonds is 4. The molecule has 0 bridgehead atoms. The summed E-state index contributed by atoms with van der Waals surface area (Å²) in [6.07, 6.45) is 1.57. The minimum Gasteiger partial charge on any atom is -0.392 e. The lowest BCUT2D eigenvalue weighted by Crippen LogP contribution is -2.43. The maximum atomic E-state index is 13.7. The molecule has 0 radical (unpaired) electrons. The molecule has 1 aliphatic heterocycles. The van der Waals surface area contributed by atoms with Crippen LogP contribution in [-0.4, -0.2) is 46.2 Å². The number of hydrogen-bond acceptors (Lipinski definition) is 5. The molecule has 0 unspecified atom stereocenters. The van der Waals surface area contributed by atoms with Crippen LogP contribution in [0.25, 0.3) is 33.5 Å². The topological polar surface area (TPSA) is 97.0 Å².